The average Bonchev–Trinajstić information content (AvgIpc) is 2.65. The lowest BCUT2D eigenvalue weighted by Gasteiger charge is -2.10. The molecule has 5 nitrogen and oxygen atoms in total. The van der Waals surface area contributed by atoms with Gasteiger partial charge in [-0.25, -0.2) is 13.2 Å². The molecule has 0 atom stereocenters. The Morgan fingerprint density at radius 1 is 1.42 bits per heavy atom. The summed E-state index contributed by atoms with van der Waals surface area (Å²) >= 11 is 1.24. The van der Waals surface area contributed by atoms with Gasteiger partial charge < -0.3 is 5.11 Å². The van der Waals surface area contributed by atoms with Crippen molar-refractivity contribution in [1.29, 1.82) is 0 Å². The summed E-state index contributed by atoms with van der Waals surface area (Å²) in [6, 6.07) is 0. The predicted molar refractivity (Wildman–Crippen MR) is 75.5 cm³/mol. The zero-order valence-electron chi connectivity index (χ0n) is 10.3. The second kappa shape index (κ2) is 5.34. The van der Waals surface area contributed by atoms with Gasteiger partial charge in [-0.05, 0) is 31.2 Å². The van der Waals surface area contributed by atoms with Crippen molar-refractivity contribution in [1.82, 2.24) is 0 Å². The molecule has 0 spiro atoms. The maximum Gasteiger partial charge on any atom is 0.339 e. The van der Waals surface area contributed by atoms with E-state index in [1.54, 1.807) is 0 Å². The van der Waals surface area contributed by atoms with Crippen molar-refractivity contribution in [3.63, 3.8) is 0 Å². The van der Waals surface area contributed by atoms with Crippen LogP contribution in [0.2, 0.25) is 0 Å². The average molecular weight is 301 g/mol. The molecule has 0 bridgehead atoms. The Balaban J connectivity index is 2.43. The van der Waals surface area contributed by atoms with E-state index in [1.165, 1.54) is 17.4 Å². The van der Waals surface area contributed by atoms with Crippen molar-refractivity contribution in [2.75, 3.05) is 10.5 Å². The van der Waals surface area contributed by atoms with Gasteiger partial charge in [0.05, 0.1) is 11.3 Å². The highest BCUT2D eigenvalue weighted by atomic mass is 32.2. The summed E-state index contributed by atoms with van der Waals surface area (Å²) in [4.78, 5) is 12.3. The first-order valence-corrected chi connectivity index (χ1v) is 8.40. The van der Waals surface area contributed by atoms with Gasteiger partial charge in [0, 0.05) is 4.88 Å². The lowest BCUT2D eigenvalue weighted by molar-refractivity contribution is 0.0697. The molecule has 7 heteroatoms. The Morgan fingerprint density at radius 3 is 2.74 bits per heavy atom. The number of aryl methyl sites for hydroxylation is 1. The van der Waals surface area contributed by atoms with Crippen molar-refractivity contribution in [2.45, 2.75) is 25.7 Å². The number of carboxylic acids is 1. The summed E-state index contributed by atoms with van der Waals surface area (Å²) in [5, 5.41) is 9.51. The fourth-order valence-corrected chi connectivity index (χ4v) is 4.66. The smallest absolute Gasteiger partial charge is 0.339 e. The Labute approximate surface area is 116 Å². The zero-order valence-corrected chi connectivity index (χ0v) is 11.9. The van der Waals surface area contributed by atoms with Gasteiger partial charge in [0.25, 0.3) is 0 Å². The van der Waals surface area contributed by atoms with E-state index in [0.717, 1.165) is 29.7 Å². The van der Waals surface area contributed by atoms with E-state index in [2.05, 4.69) is 11.3 Å². The molecule has 0 unspecified atom stereocenters. The lowest BCUT2D eigenvalue weighted by Crippen LogP contribution is -2.16. The third kappa shape index (κ3) is 2.98. The Kier molecular flexibility index (Phi) is 3.96. The molecule has 2 rings (SSSR count). The van der Waals surface area contributed by atoms with Crippen LogP contribution in [0, 0.1) is 0 Å². The van der Waals surface area contributed by atoms with E-state index in [4.69, 9.17) is 0 Å². The van der Waals surface area contributed by atoms with Gasteiger partial charge in [0.2, 0.25) is 10.0 Å². The second-order valence-electron chi connectivity index (χ2n) is 4.39. The Morgan fingerprint density at radius 2 is 2.11 bits per heavy atom. The van der Waals surface area contributed by atoms with Gasteiger partial charge in [-0.1, -0.05) is 6.08 Å². The van der Waals surface area contributed by atoms with Crippen LogP contribution in [0.15, 0.2) is 12.7 Å². The highest BCUT2D eigenvalue weighted by Gasteiger charge is 2.26. The predicted octanol–water partition coefficient (Wildman–Crippen LogP) is 2.25. The fourth-order valence-electron chi connectivity index (χ4n) is 2.20. The highest BCUT2D eigenvalue weighted by Crippen LogP contribution is 2.38. The molecule has 0 saturated carbocycles. The van der Waals surface area contributed by atoms with Crippen LogP contribution >= 0.6 is 11.3 Å². The van der Waals surface area contributed by atoms with Crippen LogP contribution in [0.4, 0.5) is 5.00 Å². The van der Waals surface area contributed by atoms with Crippen molar-refractivity contribution in [2.24, 2.45) is 0 Å². The molecule has 0 radical (unpaired) electrons. The van der Waals surface area contributed by atoms with Crippen molar-refractivity contribution in [3.8, 4) is 0 Å². The van der Waals surface area contributed by atoms with Gasteiger partial charge in [-0.2, -0.15) is 0 Å². The van der Waals surface area contributed by atoms with Crippen LogP contribution < -0.4 is 4.72 Å². The van der Waals surface area contributed by atoms with Gasteiger partial charge in [0.15, 0.2) is 0 Å². The molecular weight excluding hydrogens is 286 g/mol. The monoisotopic (exact) mass is 301 g/mol. The molecule has 1 aliphatic carbocycles. The van der Waals surface area contributed by atoms with Crippen LogP contribution in [-0.2, 0) is 22.9 Å². The molecule has 0 fully saturated rings. The molecular formula is C12H15NO4S2. The number of nitrogens with one attached hydrogen (secondary N) is 1. The minimum absolute atomic E-state index is 0.118. The number of rotatable bonds is 5. The first kappa shape index (κ1) is 14.1. The van der Waals surface area contributed by atoms with E-state index < -0.39 is 16.0 Å². The van der Waals surface area contributed by atoms with Gasteiger partial charge in [-0.3, -0.25) is 4.72 Å². The normalized spacial score (nSPS) is 14.7. The quantitative estimate of drug-likeness (QED) is 0.817. The van der Waals surface area contributed by atoms with Crippen LogP contribution in [0.3, 0.4) is 0 Å². The lowest BCUT2D eigenvalue weighted by atomic mass is 9.96. The first-order chi connectivity index (χ1) is 8.94. The maximum absolute atomic E-state index is 11.7. The molecule has 1 aromatic rings. The van der Waals surface area contributed by atoms with E-state index in [1.807, 2.05) is 0 Å². The minimum Gasteiger partial charge on any atom is -0.478 e. The zero-order chi connectivity index (χ0) is 14.0. The molecule has 1 heterocycles. The van der Waals surface area contributed by atoms with Crippen LogP contribution in [0.1, 0.15) is 33.6 Å². The number of carbonyl (C=O) groups is 1. The topological polar surface area (TPSA) is 83.5 Å². The number of hydrogen-bond donors (Lipinski definition) is 2. The molecule has 1 aromatic heterocycles. The minimum atomic E-state index is -3.56. The maximum atomic E-state index is 11.7. The summed E-state index contributed by atoms with van der Waals surface area (Å²) in [7, 11) is -3.56. The van der Waals surface area contributed by atoms with E-state index in [9.17, 15) is 18.3 Å². The molecule has 0 amide bonds. The van der Waals surface area contributed by atoms with Gasteiger partial charge in [0.1, 0.15) is 5.00 Å². The number of fused-ring (bicyclic) bond motifs is 1. The molecule has 1 aliphatic rings. The number of hydrogen-bond acceptors (Lipinski definition) is 4. The summed E-state index contributed by atoms with van der Waals surface area (Å²) in [5.41, 5.74) is 0.910. The number of thiophene rings is 1. The number of carboxylic acid groups (broad SMARTS) is 1. The molecule has 0 aromatic carbocycles. The van der Waals surface area contributed by atoms with Crippen molar-refractivity contribution < 1.29 is 18.3 Å². The van der Waals surface area contributed by atoms with Crippen molar-refractivity contribution >= 4 is 32.3 Å². The SMILES string of the molecule is C=CCS(=O)(=O)Nc1sc2c(c1C(=O)O)CCCC2. The van der Waals surface area contributed by atoms with Crippen molar-refractivity contribution in [3.05, 3.63) is 28.7 Å². The third-order valence-corrected chi connectivity index (χ3v) is 5.50. The Hall–Kier alpha value is -1.34. The van der Waals surface area contributed by atoms with E-state index in [-0.39, 0.29) is 16.3 Å². The molecule has 2 N–H and O–H groups in total. The number of aromatic carboxylic acids is 1. The summed E-state index contributed by atoms with van der Waals surface area (Å²) in [6.07, 6.45) is 4.77. The summed E-state index contributed by atoms with van der Waals surface area (Å²) in [5.74, 6) is -1.30. The molecule has 104 valence electrons. The summed E-state index contributed by atoms with van der Waals surface area (Å²) < 4.78 is 25.8. The largest absolute Gasteiger partial charge is 0.478 e. The molecule has 0 aliphatic heterocycles. The highest BCUT2D eigenvalue weighted by molar-refractivity contribution is 7.93. The first-order valence-electron chi connectivity index (χ1n) is 5.94. The van der Waals surface area contributed by atoms with Crippen LogP contribution in [0.5, 0.6) is 0 Å². The summed E-state index contributed by atoms with van der Waals surface area (Å²) in [6.45, 7) is 3.38. The molecule has 0 saturated heterocycles. The number of sulfonamides is 1. The Bertz CT molecular complexity index is 616. The fraction of sp³-hybridized carbons (Fsp3) is 0.417. The molecule has 19 heavy (non-hydrogen) atoms. The van der Waals surface area contributed by atoms with Crippen LogP contribution in [0.25, 0.3) is 0 Å². The van der Waals surface area contributed by atoms with Gasteiger partial charge >= 0.3 is 5.97 Å². The standard InChI is InChI=1S/C12H15NO4S2/c1-2-7-19(16,17)13-11-10(12(14)15)8-5-3-4-6-9(8)18-11/h2,13H,1,3-7H2,(H,14,15). The van der Waals surface area contributed by atoms with Crippen LogP contribution in [-0.4, -0.2) is 25.2 Å². The van der Waals surface area contributed by atoms with E-state index in [0.29, 0.717) is 6.42 Å². The third-order valence-electron chi connectivity index (χ3n) is 2.97. The number of anilines is 1. The second-order valence-corrected chi connectivity index (χ2v) is 7.26. The van der Waals surface area contributed by atoms with E-state index >= 15 is 0 Å². The van der Waals surface area contributed by atoms with Gasteiger partial charge in [-0.15, -0.1) is 17.9 Å².